The van der Waals surface area contributed by atoms with Gasteiger partial charge in [0.15, 0.2) is 0 Å². The SMILES string of the molecule is O=c1[nH]cccc1N1CCOC(c2cccc3c2Oc2ccc(NCc4cncc(-n5cccn5)c4)cc2C3)C1. The molecule has 0 saturated carbocycles. The summed E-state index contributed by atoms with van der Waals surface area (Å²) in [6.07, 6.45) is 9.54. The quantitative estimate of drug-likeness (QED) is 0.317. The second kappa shape index (κ2) is 10.3. The Morgan fingerprint density at radius 3 is 2.92 bits per heavy atom. The maximum Gasteiger partial charge on any atom is 0.271 e. The molecule has 2 aliphatic heterocycles. The van der Waals surface area contributed by atoms with E-state index in [0.717, 1.165) is 51.5 Å². The first-order chi connectivity index (χ1) is 19.7. The fourth-order valence-corrected chi connectivity index (χ4v) is 5.40. The first-order valence-electron chi connectivity index (χ1n) is 13.4. The third-order valence-electron chi connectivity index (χ3n) is 7.38. The van der Waals surface area contributed by atoms with Gasteiger partial charge in [-0.25, -0.2) is 4.68 Å². The highest BCUT2D eigenvalue weighted by atomic mass is 16.5. The Kier molecular flexibility index (Phi) is 6.25. The summed E-state index contributed by atoms with van der Waals surface area (Å²) in [5, 5.41) is 7.80. The van der Waals surface area contributed by atoms with Crippen LogP contribution in [-0.4, -0.2) is 39.4 Å². The summed E-state index contributed by atoms with van der Waals surface area (Å²) >= 11 is 0. The van der Waals surface area contributed by atoms with Gasteiger partial charge in [-0.1, -0.05) is 18.2 Å². The van der Waals surface area contributed by atoms with Crippen molar-refractivity contribution in [2.24, 2.45) is 0 Å². The standard InChI is InChI=1S/C31H28N6O3/c38-31-27(6-2-9-33-31)36-12-13-39-29(20-36)26-5-1-4-22-15-23-16-24(7-8-28(23)40-30(22)26)34-18-21-14-25(19-32-17-21)37-11-3-10-35-37/h1-11,14,16-17,19,29,34H,12-13,15,18,20H2,(H,33,38). The summed E-state index contributed by atoms with van der Waals surface area (Å²) in [4.78, 5) is 21.6. The Hall–Kier alpha value is -4.89. The molecule has 1 saturated heterocycles. The minimum absolute atomic E-state index is 0.0882. The molecular weight excluding hydrogens is 504 g/mol. The van der Waals surface area contributed by atoms with Crippen LogP contribution in [0.15, 0.2) is 96.4 Å². The lowest BCUT2D eigenvalue weighted by atomic mass is 9.95. The number of rotatable bonds is 6. The molecule has 2 aromatic carbocycles. The third-order valence-corrected chi connectivity index (χ3v) is 7.38. The molecule has 2 N–H and O–H groups in total. The molecule has 1 atom stereocenters. The number of nitrogens with zero attached hydrogens (tertiary/aromatic N) is 4. The molecule has 1 unspecified atom stereocenters. The number of anilines is 2. The number of nitrogens with one attached hydrogen (secondary N) is 2. The summed E-state index contributed by atoms with van der Waals surface area (Å²) in [5.74, 6) is 1.70. The number of aromatic amines is 1. The van der Waals surface area contributed by atoms with E-state index in [0.29, 0.717) is 31.9 Å². The van der Waals surface area contributed by atoms with Crippen LogP contribution in [0.25, 0.3) is 5.69 Å². The highest BCUT2D eigenvalue weighted by Crippen LogP contribution is 2.43. The first-order valence-corrected chi connectivity index (χ1v) is 13.4. The molecule has 5 aromatic rings. The van der Waals surface area contributed by atoms with Crippen molar-refractivity contribution < 1.29 is 9.47 Å². The van der Waals surface area contributed by atoms with Gasteiger partial charge in [0.25, 0.3) is 5.56 Å². The van der Waals surface area contributed by atoms with Crippen LogP contribution in [0.1, 0.15) is 28.4 Å². The van der Waals surface area contributed by atoms with Crippen molar-refractivity contribution in [3.8, 4) is 17.2 Å². The number of morpholine rings is 1. The lowest BCUT2D eigenvalue weighted by Crippen LogP contribution is -2.41. The van der Waals surface area contributed by atoms with Crippen LogP contribution < -0.4 is 20.5 Å². The van der Waals surface area contributed by atoms with E-state index < -0.39 is 0 Å². The number of aromatic nitrogens is 4. The van der Waals surface area contributed by atoms with Gasteiger partial charge in [0.2, 0.25) is 0 Å². The van der Waals surface area contributed by atoms with E-state index >= 15 is 0 Å². The number of pyridine rings is 2. The summed E-state index contributed by atoms with van der Waals surface area (Å²) < 4.78 is 14.5. The van der Waals surface area contributed by atoms with E-state index in [9.17, 15) is 4.79 Å². The number of H-pyrrole nitrogens is 1. The number of ether oxygens (including phenoxy) is 2. The largest absolute Gasteiger partial charge is 0.456 e. The molecule has 2 aliphatic rings. The molecule has 9 heteroatoms. The van der Waals surface area contributed by atoms with Crippen LogP contribution >= 0.6 is 0 Å². The molecule has 0 spiro atoms. The van der Waals surface area contributed by atoms with Gasteiger partial charge in [-0.3, -0.25) is 9.78 Å². The molecular formula is C31H28N6O3. The lowest BCUT2D eigenvalue weighted by molar-refractivity contribution is 0.0383. The number of fused-ring (bicyclic) bond motifs is 2. The number of hydrogen-bond acceptors (Lipinski definition) is 7. The fourth-order valence-electron chi connectivity index (χ4n) is 5.40. The van der Waals surface area contributed by atoms with Crippen molar-refractivity contribution in [1.29, 1.82) is 0 Å². The second-order valence-electron chi connectivity index (χ2n) is 9.98. The van der Waals surface area contributed by atoms with Gasteiger partial charge >= 0.3 is 0 Å². The van der Waals surface area contributed by atoms with Crippen molar-refractivity contribution in [2.45, 2.75) is 19.1 Å². The van der Waals surface area contributed by atoms with E-state index in [-0.39, 0.29) is 11.7 Å². The molecule has 200 valence electrons. The van der Waals surface area contributed by atoms with Crippen LogP contribution in [0.4, 0.5) is 11.4 Å². The predicted octanol–water partition coefficient (Wildman–Crippen LogP) is 4.84. The smallest absolute Gasteiger partial charge is 0.271 e. The Morgan fingerprint density at radius 1 is 1.05 bits per heavy atom. The van der Waals surface area contributed by atoms with Gasteiger partial charge in [-0.2, -0.15) is 5.10 Å². The summed E-state index contributed by atoms with van der Waals surface area (Å²) in [6, 6.07) is 20.1. The monoisotopic (exact) mass is 532 g/mol. The van der Waals surface area contributed by atoms with Gasteiger partial charge in [0.05, 0.1) is 18.5 Å². The second-order valence-corrected chi connectivity index (χ2v) is 9.98. The zero-order chi connectivity index (χ0) is 26.9. The highest BCUT2D eigenvalue weighted by molar-refractivity contribution is 5.59. The molecule has 0 aliphatic carbocycles. The Morgan fingerprint density at radius 2 is 2.02 bits per heavy atom. The van der Waals surface area contributed by atoms with Gasteiger partial charge in [-0.05, 0) is 53.6 Å². The fraction of sp³-hybridized carbons (Fsp3) is 0.194. The molecule has 3 aromatic heterocycles. The molecule has 7 rings (SSSR count). The predicted molar refractivity (Wildman–Crippen MR) is 152 cm³/mol. The van der Waals surface area contributed by atoms with Gasteiger partial charge in [-0.15, -0.1) is 0 Å². The summed E-state index contributed by atoms with van der Waals surface area (Å²) in [7, 11) is 0. The van der Waals surface area contributed by atoms with E-state index in [2.05, 4.69) is 55.6 Å². The molecule has 0 amide bonds. The van der Waals surface area contributed by atoms with Gasteiger partial charge in [0, 0.05) is 67.7 Å². The van der Waals surface area contributed by atoms with Crippen LogP contribution in [0.2, 0.25) is 0 Å². The Balaban J connectivity index is 1.07. The maximum atomic E-state index is 12.4. The zero-order valence-electron chi connectivity index (χ0n) is 21.8. The molecule has 9 nitrogen and oxygen atoms in total. The minimum Gasteiger partial charge on any atom is -0.456 e. The lowest BCUT2D eigenvalue weighted by Gasteiger charge is -2.35. The van der Waals surface area contributed by atoms with Crippen molar-refractivity contribution in [3.05, 3.63) is 124 Å². The normalized spacial score (nSPS) is 16.1. The third kappa shape index (κ3) is 4.71. The average Bonchev–Trinajstić information content (AvgIpc) is 3.55. The van der Waals surface area contributed by atoms with E-state index in [1.807, 2.05) is 42.7 Å². The molecule has 0 radical (unpaired) electrons. The number of hydrogen-bond donors (Lipinski definition) is 2. The maximum absolute atomic E-state index is 12.4. The zero-order valence-corrected chi connectivity index (χ0v) is 21.8. The molecule has 1 fully saturated rings. The first kappa shape index (κ1) is 24.2. The molecule has 40 heavy (non-hydrogen) atoms. The van der Waals surface area contributed by atoms with Gasteiger partial charge in [0.1, 0.15) is 23.3 Å². The topological polar surface area (TPSA) is 97.3 Å². The van der Waals surface area contributed by atoms with Crippen LogP contribution in [-0.2, 0) is 17.7 Å². The van der Waals surface area contributed by atoms with Crippen molar-refractivity contribution in [1.82, 2.24) is 19.7 Å². The van der Waals surface area contributed by atoms with Gasteiger partial charge < -0.3 is 24.7 Å². The summed E-state index contributed by atoms with van der Waals surface area (Å²) in [5.41, 5.74) is 6.84. The van der Waals surface area contributed by atoms with E-state index in [4.69, 9.17) is 9.47 Å². The van der Waals surface area contributed by atoms with E-state index in [1.165, 1.54) is 0 Å². The molecule has 5 heterocycles. The van der Waals surface area contributed by atoms with Crippen LogP contribution in [0.5, 0.6) is 11.5 Å². The van der Waals surface area contributed by atoms with Crippen LogP contribution in [0.3, 0.4) is 0 Å². The van der Waals surface area contributed by atoms with Crippen molar-refractivity contribution in [2.75, 3.05) is 29.9 Å². The Labute approximate surface area is 231 Å². The number of para-hydroxylation sites is 1. The molecule has 0 bridgehead atoms. The van der Waals surface area contributed by atoms with Crippen molar-refractivity contribution >= 4 is 11.4 Å². The number of benzene rings is 2. The average molecular weight is 533 g/mol. The minimum atomic E-state index is -0.197. The Bertz CT molecular complexity index is 1710. The van der Waals surface area contributed by atoms with Crippen molar-refractivity contribution in [3.63, 3.8) is 0 Å². The highest BCUT2D eigenvalue weighted by Gasteiger charge is 2.29. The summed E-state index contributed by atoms with van der Waals surface area (Å²) in [6.45, 7) is 2.43. The van der Waals surface area contributed by atoms with Crippen LogP contribution in [0, 0.1) is 0 Å². The van der Waals surface area contributed by atoms with E-state index in [1.54, 1.807) is 23.3 Å².